The molecule has 0 saturated heterocycles. The molecule has 0 aromatic heterocycles. The van der Waals surface area contributed by atoms with Crippen LogP contribution in [0.3, 0.4) is 0 Å². The molecule has 0 spiro atoms. The molecule has 0 fully saturated rings. The van der Waals surface area contributed by atoms with E-state index in [2.05, 4.69) is 13.5 Å². The molecule has 0 aliphatic carbocycles. The maximum atomic E-state index is 13.6. The summed E-state index contributed by atoms with van der Waals surface area (Å²) < 4.78 is 19.2. The van der Waals surface area contributed by atoms with E-state index in [1.54, 1.807) is 12.1 Å². The van der Waals surface area contributed by atoms with Crippen LogP contribution in [-0.2, 0) is 11.3 Å². The fraction of sp³-hybridized carbons (Fsp3) is 0.385. The topological polar surface area (TPSA) is 69.9 Å². The van der Waals surface area contributed by atoms with E-state index >= 15 is 0 Å². The Morgan fingerprint density at radius 2 is 1.84 bits per heavy atom. The smallest absolute Gasteiger partial charge is 0.165 e. The first-order chi connectivity index (χ1) is 14.9. The Balaban J connectivity index is 1.91. The summed E-state index contributed by atoms with van der Waals surface area (Å²) in [5.41, 5.74) is 2.76. The number of halogens is 1. The highest BCUT2D eigenvalue weighted by Gasteiger charge is 2.24. The third-order valence-corrected chi connectivity index (χ3v) is 5.24. The lowest BCUT2D eigenvalue weighted by Gasteiger charge is -2.25. The minimum Gasteiger partial charge on any atom is -0.505 e. The summed E-state index contributed by atoms with van der Waals surface area (Å²) >= 11 is 0. The number of hydrogen-bond donors (Lipinski definition) is 3. The SMILES string of the molecule is C=C[C@H]([C@H](O)CC/C(=C/c1ccc(O)c(F)c1)CCC)[C@H](O)COCc1ccccc1. The molecule has 0 bridgehead atoms. The molecule has 0 amide bonds. The molecule has 5 heteroatoms. The van der Waals surface area contributed by atoms with Gasteiger partial charge in [-0.25, -0.2) is 4.39 Å². The van der Waals surface area contributed by atoms with Crippen LogP contribution in [-0.4, -0.2) is 34.1 Å². The van der Waals surface area contributed by atoms with Gasteiger partial charge in [0, 0.05) is 5.92 Å². The van der Waals surface area contributed by atoms with Crippen LogP contribution < -0.4 is 0 Å². The Labute approximate surface area is 184 Å². The van der Waals surface area contributed by atoms with Gasteiger partial charge < -0.3 is 20.1 Å². The Kier molecular flexibility index (Phi) is 10.4. The van der Waals surface area contributed by atoms with Crippen LogP contribution in [0.15, 0.2) is 66.8 Å². The van der Waals surface area contributed by atoms with Gasteiger partial charge >= 0.3 is 0 Å². The molecule has 0 aliphatic heterocycles. The molecule has 168 valence electrons. The van der Waals surface area contributed by atoms with Crippen LogP contribution in [0.4, 0.5) is 4.39 Å². The summed E-state index contributed by atoms with van der Waals surface area (Å²) in [6.45, 7) is 6.32. The highest BCUT2D eigenvalue weighted by Crippen LogP contribution is 2.24. The number of phenolic OH excluding ortho intramolecular Hbond substituents is 1. The number of hydrogen-bond acceptors (Lipinski definition) is 4. The minimum absolute atomic E-state index is 0.104. The number of aromatic hydroxyl groups is 1. The predicted molar refractivity (Wildman–Crippen MR) is 122 cm³/mol. The first-order valence-corrected chi connectivity index (χ1v) is 10.7. The van der Waals surface area contributed by atoms with Crippen molar-refractivity contribution in [2.24, 2.45) is 5.92 Å². The van der Waals surface area contributed by atoms with Crippen molar-refractivity contribution in [1.82, 2.24) is 0 Å². The zero-order valence-corrected chi connectivity index (χ0v) is 18.1. The van der Waals surface area contributed by atoms with Crippen molar-refractivity contribution in [3.05, 3.63) is 83.7 Å². The van der Waals surface area contributed by atoms with Gasteiger partial charge in [-0.05, 0) is 42.5 Å². The van der Waals surface area contributed by atoms with Gasteiger partial charge in [0.2, 0.25) is 0 Å². The molecule has 0 unspecified atom stereocenters. The molecule has 2 aromatic carbocycles. The highest BCUT2D eigenvalue weighted by atomic mass is 19.1. The first kappa shape index (κ1) is 24.8. The maximum absolute atomic E-state index is 13.6. The number of rotatable bonds is 13. The molecule has 0 radical (unpaired) electrons. The van der Waals surface area contributed by atoms with Gasteiger partial charge in [-0.2, -0.15) is 0 Å². The first-order valence-electron chi connectivity index (χ1n) is 10.7. The van der Waals surface area contributed by atoms with E-state index < -0.39 is 23.9 Å². The van der Waals surface area contributed by atoms with Crippen LogP contribution in [0.5, 0.6) is 5.75 Å². The van der Waals surface area contributed by atoms with Gasteiger partial charge in [-0.15, -0.1) is 6.58 Å². The van der Waals surface area contributed by atoms with Gasteiger partial charge in [0.1, 0.15) is 0 Å². The van der Waals surface area contributed by atoms with E-state index in [1.807, 2.05) is 36.4 Å². The van der Waals surface area contributed by atoms with Crippen LogP contribution >= 0.6 is 0 Å². The summed E-state index contributed by atoms with van der Waals surface area (Å²) in [6.07, 6.45) is 4.62. The van der Waals surface area contributed by atoms with E-state index in [0.29, 0.717) is 25.0 Å². The second-order valence-corrected chi connectivity index (χ2v) is 7.75. The average molecular weight is 429 g/mol. The van der Waals surface area contributed by atoms with Crippen LogP contribution in [0, 0.1) is 11.7 Å². The van der Waals surface area contributed by atoms with Crippen molar-refractivity contribution in [1.29, 1.82) is 0 Å². The molecule has 31 heavy (non-hydrogen) atoms. The van der Waals surface area contributed by atoms with E-state index in [-0.39, 0.29) is 12.4 Å². The summed E-state index contributed by atoms with van der Waals surface area (Å²) in [7, 11) is 0. The van der Waals surface area contributed by atoms with Gasteiger partial charge in [0.25, 0.3) is 0 Å². The lowest BCUT2D eigenvalue weighted by molar-refractivity contribution is -0.0273. The Morgan fingerprint density at radius 1 is 1.10 bits per heavy atom. The number of aliphatic hydroxyl groups is 2. The summed E-state index contributed by atoms with van der Waals surface area (Å²) in [5.74, 6) is -1.54. The number of aliphatic hydroxyl groups excluding tert-OH is 2. The second-order valence-electron chi connectivity index (χ2n) is 7.75. The Hall–Kier alpha value is -2.47. The maximum Gasteiger partial charge on any atom is 0.165 e. The molecule has 3 N–H and O–H groups in total. The monoisotopic (exact) mass is 428 g/mol. The van der Waals surface area contributed by atoms with E-state index in [9.17, 15) is 19.7 Å². The van der Waals surface area contributed by atoms with Crippen LogP contribution in [0.25, 0.3) is 6.08 Å². The van der Waals surface area contributed by atoms with Crippen molar-refractivity contribution in [2.75, 3.05) is 6.61 Å². The number of benzene rings is 2. The van der Waals surface area contributed by atoms with Crippen LogP contribution in [0.1, 0.15) is 43.7 Å². The quantitative estimate of drug-likeness (QED) is 0.382. The number of ether oxygens (including phenoxy) is 1. The lowest BCUT2D eigenvalue weighted by Crippen LogP contribution is -2.33. The van der Waals surface area contributed by atoms with Crippen LogP contribution in [0.2, 0.25) is 0 Å². The van der Waals surface area contributed by atoms with Crippen molar-refractivity contribution >= 4 is 6.08 Å². The van der Waals surface area contributed by atoms with E-state index in [1.165, 1.54) is 12.1 Å². The molecule has 3 atom stereocenters. The fourth-order valence-corrected chi connectivity index (χ4v) is 3.52. The summed E-state index contributed by atoms with van der Waals surface area (Å²) in [4.78, 5) is 0. The fourth-order valence-electron chi connectivity index (χ4n) is 3.52. The highest BCUT2D eigenvalue weighted by molar-refractivity contribution is 5.54. The largest absolute Gasteiger partial charge is 0.505 e. The number of allylic oxidation sites excluding steroid dienone is 1. The molecule has 4 nitrogen and oxygen atoms in total. The molecular formula is C26H33FO4. The molecule has 2 rings (SSSR count). The zero-order chi connectivity index (χ0) is 22.6. The van der Waals surface area contributed by atoms with Gasteiger partial charge in [-0.3, -0.25) is 0 Å². The van der Waals surface area contributed by atoms with Gasteiger partial charge in [-0.1, -0.05) is 67.5 Å². The summed E-state index contributed by atoms with van der Waals surface area (Å²) in [6, 6.07) is 14.0. The third kappa shape index (κ3) is 8.29. The van der Waals surface area contributed by atoms with Gasteiger partial charge in [0.05, 0.1) is 25.4 Å². The molecule has 0 aliphatic rings. The lowest BCUT2D eigenvalue weighted by atomic mass is 9.90. The Bertz CT molecular complexity index is 835. The Morgan fingerprint density at radius 3 is 2.48 bits per heavy atom. The second kappa shape index (κ2) is 13.1. The molecular weight excluding hydrogens is 395 g/mol. The summed E-state index contributed by atoms with van der Waals surface area (Å²) in [5, 5.41) is 30.5. The molecule has 0 saturated carbocycles. The van der Waals surface area contributed by atoms with Crippen molar-refractivity contribution < 1.29 is 24.4 Å². The number of phenols is 1. The normalized spacial score (nSPS) is 14.8. The van der Waals surface area contributed by atoms with E-state index in [0.717, 1.165) is 24.0 Å². The zero-order valence-electron chi connectivity index (χ0n) is 18.1. The van der Waals surface area contributed by atoms with Crippen molar-refractivity contribution in [3.8, 4) is 5.75 Å². The predicted octanol–water partition coefficient (Wildman–Crippen LogP) is 5.24. The molecule has 2 aromatic rings. The third-order valence-electron chi connectivity index (χ3n) is 5.24. The molecule has 0 heterocycles. The standard InChI is InChI=1S/C26H33FO4/c1-3-8-19(15-21-12-14-25(29)23(27)16-21)11-13-24(28)22(4-2)26(30)18-31-17-20-9-6-5-7-10-20/h4-7,9-10,12,14-16,22,24,26,28-30H,2-3,8,11,13,17-18H2,1H3/b19-15+/t22-,24-,26-/m1/s1. The minimum atomic E-state index is -0.860. The van der Waals surface area contributed by atoms with Crippen molar-refractivity contribution in [3.63, 3.8) is 0 Å². The van der Waals surface area contributed by atoms with E-state index in [4.69, 9.17) is 4.74 Å². The van der Waals surface area contributed by atoms with Crippen molar-refractivity contribution in [2.45, 2.75) is 51.4 Å². The van der Waals surface area contributed by atoms with Gasteiger partial charge in [0.15, 0.2) is 11.6 Å². The average Bonchev–Trinajstić information content (AvgIpc) is 2.76.